The minimum atomic E-state index is -2.70. The Hall–Kier alpha value is -4.42. The smallest absolute Gasteiger partial charge is 0.312 e. The van der Waals surface area contributed by atoms with E-state index in [1.54, 1.807) is 42.5 Å². The molecule has 13 heteroatoms. The summed E-state index contributed by atoms with van der Waals surface area (Å²) in [6.45, 7) is 2.17. The number of amides is 1. The number of hydrogen-bond donors (Lipinski definition) is 1. The largest absolute Gasteiger partial charge is 0.411 e. The number of H-pyrrole nitrogens is 1. The number of nitrogens with one attached hydrogen (secondary N) is 1. The van der Waals surface area contributed by atoms with Gasteiger partial charge < -0.3 is 14.3 Å². The number of aromatic amines is 1. The highest BCUT2D eigenvalue weighted by Gasteiger charge is 2.38. The summed E-state index contributed by atoms with van der Waals surface area (Å²) in [5, 5.41) is 16.6. The number of hydrogen-bond acceptors (Lipinski definition) is 7. The number of fused-ring (bicyclic) bond motifs is 2. The molecule has 1 N–H and O–H groups in total. The van der Waals surface area contributed by atoms with Crippen molar-refractivity contribution in [3.05, 3.63) is 71.0 Å². The highest BCUT2D eigenvalue weighted by molar-refractivity contribution is 5.90. The Morgan fingerprint density at radius 2 is 2.14 bits per heavy atom. The Bertz CT molecular complexity index is 1540. The molecule has 0 fully saturated rings. The van der Waals surface area contributed by atoms with E-state index in [0.29, 0.717) is 35.6 Å². The number of carbonyl (C=O) groups is 1. The van der Waals surface area contributed by atoms with Crippen molar-refractivity contribution in [3.63, 3.8) is 0 Å². The van der Waals surface area contributed by atoms with E-state index >= 15 is 0 Å². The van der Waals surface area contributed by atoms with Crippen molar-refractivity contribution in [2.24, 2.45) is 7.05 Å². The summed E-state index contributed by atoms with van der Waals surface area (Å²) in [7, 11) is 1.74. The molecule has 35 heavy (non-hydrogen) atoms. The molecule has 6 rings (SSSR count). The molecule has 5 aromatic rings. The van der Waals surface area contributed by atoms with Crippen LogP contribution in [0.2, 0.25) is 0 Å². The van der Waals surface area contributed by atoms with Crippen LogP contribution in [0.1, 0.15) is 51.5 Å². The second-order valence-electron chi connectivity index (χ2n) is 8.29. The Kier molecular flexibility index (Phi) is 4.72. The number of aromatic nitrogens is 8. The van der Waals surface area contributed by atoms with E-state index in [-0.39, 0.29) is 17.5 Å². The van der Waals surface area contributed by atoms with Gasteiger partial charge in [-0.2, -0.15) is 10.2 Å². The third-order valence-corrected chi connectivity index (χ3v) is 6.16. The summed E-state index contributed by atoms with van der Waals surface area (Å²) >= 11 is 0. The minimum absolute atomic E-state index is 0.175. The van der Waals surface area contributed by atoms with Crippen molar-refractivity contribution in [3.8, 4) is 11.6 Å². The molecular formula is C22H19F2N9O2. The maximum atomic E-state index is 13.6. The molecule has 0 unspecified atom stereocenters. The molecular weight excluding hydrogens is 460 g/mol. The summed E-state index contributed by atoms with van der Waals surface area (Å²) < 4.78 is 35.7. The van der Waals surface area contributed by atoms with E-state index < -0.39 is 18.4 Å². The van der Waals surface area contributed by atoms with Crippen molar-refractivity contribution in [1.29, 1.82) is 0 Å². The van der Waals surface area contributed by atoms with Crippen LogP contribution in [0, 0.1) is 6.92 Å². The van der Waals surface area contributed by atoms with Gasteiger partial charge in [-0.25, -0.2) is 18.3 Å². The van der Waals surface area contributed by atoms with Crippen LogP contribution in [0.5, 0.6) is 0 Å². The Morgan fingerprint density at radius 1 is 1.29 bits per heavy atom. The molecule has 0 saturated carbocycles. The molecule has 178 valence electrons. The molecule has 1 aliphatic rings. The number of alkyl halides is 2. The summed E-state index contributed by atoms with van der Waals surface area (Å²) in [6, 6.07) is 5.50. The topological polar surface area (TPSA) is 123 Å². The van der Waals surface area contributed by atoms with Crippen molar-refractivity contribution in [1.82, 2.24) is 44.5 Å². The van der Waals surface area contributed by atoms with Gasteiger partial charge in [0.1, 0.15) is 17.4 Å². The fourth-order valence-corrected chi connectivity index (χ4v) is 4.53. The third kappa shape index (κ3) is 3.30. The van der Waals surface area contributed by atoms with E-state index in [4.69, 9.17) is 4.42 Å². The lowest BCUT2D eigenvalue weighted by Gasteiger charge is -2.32. The molecule has 0 saturated heterocycles. The fourth-order valence-electron chi connectivity index (χ4n) is 4.53. The second-order valence-corrected chi connectivity index (χ2v) is 8.29. The average molecular weight is 479 g/mol. The summed E-state index contributed by atoms with van der Waals surface area (Å²) in [4.78, 5) is 22.6. The van der Waals surface area contributed by atoms with Gasteiger partial charge in [0.25, 0.3) is 12.3 Å². The first-order chi connectivity index (χ1) is 16.9. The van der Waals surface area contributed by atoms with E-state index in [1.807, 2.05) is 6.92 Å². The van der Waals surface area contributed by atoms with Crippen molar-refractivity contribution >= 4 is 11.4 Å². The van der Waals surface area contributed by atoms with Crippen LogP contribution < -0.4 is 0 Å². The zero-order valence-corrected chi connectivity index (χ0v) is 18.7. The van der Waals surface area contributed by atoms with Gasteiger partial charge in [-0.1, -0.05) is 6.07 Å². The quantitative estimate of drug-likeness (QED) is 0.420. The molecule has 0 spiro atoms. The van der Waals surface area contributed by atoms with Gasteiger partial charge in [0.15, 0.2) is 0 Å². The van der Waals surface area contributed by atoms with E-state index in [0.717, 1.165) is 11.3 Å². The van der Waals surface area contributed by atoms with Crippen molar-refractivity contribution < 1.29 is 18.0 Å². The Labute approximate surface area is 196 Å². The van der Waals surface area contributed by atoms with Crippen LogP contribution in [0.3, 0.4) is 0 Å². The van der Waals surface area contributed by atoms with Crippen LogP contribution >= 0.6 is 0 Å². The molecule has 0 aliphatic carbocycles. The maximum Gasteiger partial charge on any atom is 0.312 e. The lowest BCUT2D eigenvalue weighted by Crippen LogP contribution is -2.41. The van der Waals surface area contributed by atoms with Gasteiger partial charge in [-0.15, -0.1) is 10.2 Å². The van der Waals surface area contributed by atoms with E-state index in [2.05, 4.69) is 30.4 Å². The number of rotatable bonds is 4. The highest BCUT2D eigenvalue weighted by atomic mass is 19.3. The zero-order chi connectivity index (χ0) is 24.3. The summed E-state index contributed by atoms with van der Waals surface area (Å²) in [5.41, 5.74) is 3.53. The van der Waals surface area contributed by atoms with Crippen LogP contribution in [-0.2, 0) is 13.5 Å². The Balaban J connectivity index is 1.42. The van der Waals surface area contributed by atoms with Crippen molar-refractivity contribution in [2.45, 2.75) is 25.8 Å². The average Bonchev–Trinajstić information content (AvgIpc) is 3.63. The SMILES string of the molecule is Cc1cnn(C)c1-c1nnc(C(=O)N2CCc3[nH]cnc3[C@H]2c2cc3cccc(C(F)F)n3n2)o1. The molecule has 1 atom stereocenters. The summed E-state index contributed by atoms with van der Waals surface area (Å²) in [5.74, 6) is -0.524. The highest BCUT2D eigenvalue weighted by Crippen LogP contribution is 2.35. The normalized spacial score (nSPS) is 15.8. The van der Waals surface area contributed by atoms with Crippen LogP contribution in [0.25, 0.3) is 17.1 Å². The second kappa shape index (κ2) is 7.82. The van der Waals surface area contributed by atoms with Gasteiger partial charge in [-0.05, 0) is 30.7 Å². The van der Waals surface area contributed by atoms with Crippen LogP contribution in [0.15, 0.2) is 41.2 Å². The number of pyridine rings is 1. The third-order valence-electron chi connectivity index (χ3n) is 6.16. The lowest BCUT2D eigenvalue weighted by atomic mass is 9.99. The van der Waals surface area contributed by atoms with E-state index in [9.17, 15) is 13.6 Å². The van der Waals surface area contributed by atoms with Gasteiger partial charge in [-0.3, -0.25) is 9.48 Å². The Morgan fingerprint density at radius 3 is 2.91 bits per heavy atom. The molecule has 1 amide bonds. The molecule has 0 bridgehead atoms. The van der Waals surface area contributed by atoms with Gasteiger partial charge in [0.2, 0.25) is 0 Å². The fraction of sp³-hybridized carbons (Fsp3) is 0.273. The van der Waals surface area contributed by atoms with Crippen LogP contribution in [-0.4, -0.2) is 56.9 Å². The molecule has 1 aliphatic heterocycles. The predicted molar refractivity (Wildman–Crippen MR) is 117 cm³/mol. The number of nitrogens with zero attached hydrogens (tertiary/aromatic N) is 8. The monoisotopic (exact) mass is 479 g/mol. The molecule has 0 aromatic carbocycles. The van der Waals surface area contributed by atoms with Crippen molar-refractivity contribution in [2.75, 3.05) is 6.54 Å². The maximum absolute atomic E-state index is 13.6. The molecule has 6 heterocycles. The number of carbonyl (C=O) groups excluding carboxylic acids is 1. The lowest BCUT2D eigenvalue weighted by molar-refractivity contribution is 0.0646. The first-order valence-electron chi connectivity index (χ1n) is 10.8. The van der Waals surface area contributed by atoms with Gasteiger partial charge in [0.05, 0.1) is 29.4 Å². The van der Waals surface area contributed by atoms with Crippen LogP contribution in [0.4, 0.5) is 8.78 Å². The predicted octanol–water partition coefficient (Wildman–Crippen LogP) is 2.87. The molecule has 0 radical (unpaired) electrons. The number of aryl methyl sites for hydroxylation is 2. The first-order valence-corrected chi connectivity index (χ1v) is 10.8. The molecule has 5 aromatic heterocycles. The zero-order valence-electron chi connectivity index (χ0n) is 18.7. The molecule has 11 nitrogen and oxygen atoms in total. The van der Waals surface area contributed by atoms with E-state index in [1.165, 1.54) is 15.5 Å². The number of imidazole rings is 1. The summed E-state index contributed by atoms with van der Waals surface area (Å²) in [6.07, 6.45) is 1.03. The standard InChI is InChI=1S/C22H19F2N9O2/c1-11-9-27-31(2)17(11)20-28-29-21(35-20)22(34)32-7-6-13-16(26-10-25-13)18(32)14-8-12-4-3-5-15(19(23)24)33(12)30-14/h3-5,8-10,18-19H,6-7H2,1-2H3,(H,25,26)/t18-/m1/s1. The van der Waals surface area contributed by atoms with Gasteiger partial charge in [0, 0.05) is 25.7 Å². The minimum Gasteiger partial charge on any atom is -0.411 e. The first kappa shape index (κ1) is 21.1. The number of halogens is 2. The van der Waals surface area contributed by atoms with Gasteiger partial charge >= 0.3 is 11.8 Å².